The molecule has 9 nitrogen and oxygen atoms in total. The fourth-order valence-corrected chi connectivity index (χ4v) is 3.25. The number of rotatable bonds is 10. The van der Waals surface area contributed by atoms with Crippen molar-refractivity contribution in [2.75, 3.05) is 24.8 Å². The van der Waals surface area contributed by atoms with Crippen LogP contribution in [0.4, 0.5) is 5.69 Å². The maximum absolute atomic E-state index is 12.3. The maximum Gasteiger partial charge on any atom is 0.338 e. The summed E-state index contributed by atoms with van der Waals surface area (Å²) in [5, 5.41) is 14.9. The summed E-state index contributed by atoms with van der Waals surface area (Å²) >= 11 is 1.21. The molecule has 1 aromatic heterocycles. The number of tetrazole rings is 1. The van der Waals surface area contributed by atoms with Crippen molar-refractivity contribution in [1.29, 1.82) is 0 Å². The van der Waals surface area contributed by atoms with Gasteiger partial charge in [0, 0.05) is 5.69 Å². The van der Waals surface area contributed by atoms with Gasteiger partial charge in [0.05, 0.1) is 30.7 Å². The molecule has 0 radical (unpaired) electrons. The summed E-state index contributed by atoms with van der Waals surface area (Å²) in [5.41, 5.74) is 1.79. The van der Waals surface area contributed by atoms with Gasteiger partial charge in [-0.15, -0.1) is 5.10 Å². The molecule has 1 amide bonds. The number of hydrogen-bond donors (Lipinski definition) is 1. The van der Waals surface area contributed by atoms with E-state index >= 15 is 0 Å². The highest BCUT2D eigenvalue weighted by atomic mass is 32.2. The molecule has 0 saturated carbocycles. The van der Waals surface area contributed by atoms with E-state index in [-0.39, 0.29) is 17.6 Å². The number of thioether (sulfide) groups is 1. The van der Waals surface area contributed by atoms with Gasteiger partial charge >= 0.3 is 5.97 Å². The minimum atomic E-state index is -0.368. The molecule has 0 spiro atoms. The van der Waals surface area contributed by atoms with Crippen molar-refractivity contribution >= 4 is 29.3 Å². The Bertz CT molecular complexity index is 1010. The number of benzene rings is 2. The van der Waals surface area contributed by atoms with Crippen molar-refractivity contribution in [1.82, 2.24) is 20.2 Å². The molecule has 0 unspecified atom stereocenters. The number of carbonyl (C=O) groups is 2. The molecule has 3 rings (SSSR count). The lowest BCUT2D eigenvalue weighted by Crippen LogP contribution is -2.15. The lowest BCUT2D eigenvalue weighted by Gasteiger charge is -2.07. The van der Waals surface area contributed by atoms with Crippen molar-refractivity contribution in [2.24, 2.45) is 0 Å². The van der Waals surface area contributed by atoms with Crippen LogP contribution in [0.3, 0.4) is 0 Å². The third-order valence-electron chi connectivity index (χ3n) is 4.23. The van der Waals surface area contributed by atoms with Crippen molar-refractivity contribution < 1.29 is 19.1 Å². The van der Waals surface area contributed by atoms with E-state index in [0.29, 0.717) is 23.0 Å². The van der Waals surface area contributed by atoms with Crippen LogP contribution in [0.25, 0.3) is 5.69 Å². The molecule has 162 valence electrons. The first-order valence-electron chi connectivity index (χ1n) is 9.73. The summed E-state index contributed by atoms with van der Waals surface area (Å²) in [6.45, 7) is 2.43. The molecule has 0 bridgehead atoms. The van der Waals surface area contributed by atoms with Crippen molar-refractivity contribution in [2.45, 2.75) is 24.9 Å². The molecule has 0 aliphatic carbocycles. The molecule has 31 heavy (non-hydrogen) atoms. The monoisotopic (exact) mass is 441 g/mol. The predicted molar refractivity (Wildman–Crippen MR) is 117 cm³/mol. The zero-order chi connectivity index (χ0) is 22.1. The van der Waals surface area contributed by atoms with Gasteiger partial charge in [0.1, 0.15) is 5.75 Å². The number of nitrogens with one attached hydrogen (secondary N) is 1. The van der Waals surface area contributed by atoms with Gasteiger partial charge in [0.15, 0.2) is 0 Å². The maximum atomic E-state index is 12.3. The van der Waals surface area contributed by atoms with Gasteiger partial charge in [-0.05, 0) is 65.4 Å². The number of aromatic nitrogens is 4. The van der Waals surface area contributed by atoms with Gasteiger partial charge in [-0.25, -0.2) is 4.79 Å². The summed E-state index contributed by atoms with van der Waals surface area (Å²) in [4.78, 5) is 24.2. The van der Waals surface area contributed by atoms with Crippen LogP contribution in [0.2, 0.25) is 0 Å². The number of carbonyl (C=O) groups excluding carboxylic acids is 2. The Balaban J connectivity index is 1.53. The number of methoxy groups -OCH3 is 1. The Morgan fingerprint density at radius 2 is 1.84 bits per heavy atom. The lowest BCUT2D eigenvalue weighted by atomic mass is 10.2. The summed E-state index contributed by atoms with van der Waals surface area (Å²) in [7, 11) is 1.60. The second kappa shape index (κ2) is 11.1. The first-order valence-corrected chi connectivity index (χ1v) is 10.7. The van der Waals surface area contributed by atoms with Gasteiger partial charge < -0.3 is 14.8 Å². The first-order chi connectivity index (χ1) is 15.1. The second-order valence-corrected chi connectivity index (χ2v) is 7.42. The fraction of sp³-hybridized carbons (Fsp3) is 0.286. The molecule has 1 heterocycles. The van der Waals surface area contributed by atoms with E-state index in [9.17, 15) is 9.59 Å². The highest BCUT2D eigenvalue weighted by Crippen LogP contribution is 2.20. The van der Waals surface area contributed by atoms with Crippen LogP contribution in [0.15, 0.2) is 53.7 Å². The number of amides is 1. The highest BCUT2D eigenvalue weighted by Gasteiger charge is 2.13. The van der Waals surface area contributed by atoms with E-state index in [0.717, 1.165) is 24.3 Å². The van der Waals surface area contributed by atoms with Crippen LogP contribution in [0.5, 0.6) is 5.75 Å². The van der Waals surface area contributed by atoms with Gasteiger partial charge in [-0.3, -0.25) is 4.79 Å². The standard InChI is InChI=1S/C21H23N5O4S/c1-3-4-13-30-20(28)15-5-7-16(8-6-15)22-19(27)14-31-21-23-24-25-26(21)17-9-11-18(29-2)12-10-17/h5-12H,3-4,13-14H2,1-2H3,(H,22,27). The molecule has 0 fully saturated rings. The van der Waals surface area contributed by atoms with E-state index < -0.39 is 0 Å². The fourth-order valence-electron chi connectivity index (χ4n) is 2.56. The molecule has 1 N–H and O–H groups in total. The van der Waals surface area contributed by atoms with E-state index in [1.54, 1.807) is 48.2 Å². The van der Waals surface area contributed by atoms with Crippen LogP contribution in [0, 0.1) is 0 Å². The number of esters is 1. The van der Waals surface area contributed by atoms with Crippen LogP contribution in [-0.4, -0.2) is 51.6 Å². The topological polar surface area (TPSA) is 108 Å². The summed E-state index contributed by atoms with van der Waals surface area (Å²) in [5.74, 6) is 0.266. The van der Waals surface area contributed by atoms with Gasteiger partial charge in [-0.1, -0.05) is 25.1 Å². The Morgan fingerprint density at radius 3 is 2.52 bits per heavy atom. The molecule has 0 aliphatic heterocycles. The summed E-state index contributed by atoms with van der Waals surface area (Å²) < 4.78 is 11.9. The number of nitrogens with zero attached hydrogens (tertiary/aromatic N) is 4. The lowest BCUT2D eigenvalue weighted by molar-refractivity contribution is -0.113. The Morgan fingerprint density at radius 1 is 1.10 bits per heavy atom. The van der Waals surface area contributed by atoms with E-state index in [1.807, 2.05) is 19.1 Å². The van der Waals surface area contributed by atoms with E-state index in [4.69, 9.17) is 9.47 Å². The Kier molecular flexibility index (Phi) is 7.99. The van der Waals surface area contributed by atoms with E-state index in [2.05, 4.69) is 20.8 Å². The molecule has 3 aromatic rings. The molecule has 0 atom stereocenters. The van der Waals surface area contributed by atoms with Crippen LogP contribution in [-0.2, 0) is 9.53 Å². The van der Waals surface area contributed by atoms with Gasteiger partial charge in [0.2, 0.25) is 11.1 Å². The first kappa shape index (κ1) is 22.3. The van der Waals surface area contributed by atoms with Crippen molar-refractivity contribution in [3.63, 3.8) is 0 Å². The largest absolute Gasteiger partial charge is 0.497 e. The normalized spacial score (nSPS) is 10.5. The number of ether oxygens (including phenoxy) is 2. The number of anilines is 1. The quantitative estimate of drug-likeness (QED) is 0.290. The summed E-state index contributed by atoms with van der Waals surface area (Å²) in [6, 6.07) is 13.9. The average molecular weight is 442 g/mol. The minimum absolute atomic E-state index is 0.122. The highest BCUT2D eigenvalue weighted by molar-refractivity contribution is 7.99. The molecule has 2 aromatic carbocycles. The number of unbranched alkanes of at least 4 members (excludes halogenated alkanes) is 1. The third kappa shape index (κ3) is 6.29. The van der Waals surface area contributed by atoms with Crippen LogP contribution >= 0.6 is 11.8 Å². The summed E-state index contributed by atoms with van der Waals surface area (Å²) in [6.07, 6.45) is 1.79. The minimum Gasteiger partial charge on any atom is -0.497 e. The smallest absolute Gasteiger partial charge is 0.338 e. The molecule has 10 heteroatoms. The van der Waals surface area contributed by atoms with Gasteiger partial charge in [-0.2, -0.15) is 4.68 Å². The van der Waals surface area contributed by atoms with E-state index in [1.165, 1.54) is 11.8 Å². The third-order valence-corrected chi connectivity index (χ3v) is 5.14. The number of hydrogen-bond acceptors (Lipinski definition) is 8. The van der Waals surface area contributed by atoms with Crippen molar-refractivity contribution in [3.8, 4) is 11.4 Å². The Labute approximate surface area is 184 Å². The molecular formula is C21H23N5O4S. The predicted octanol–water partition coefficient (Wildman–Crippen LogP) is 3.36. The average Bonchev–Trinajstić information content (AvgIpc) is 3.27. The Hall–Kier alpha value is -3.40. The zero-order valence-corrected chi connectivity index (χ0v) is 18.1. The zero-order valence-electron chi connectivity index (χ0n) is 17.3. The van der Waals surface area contributed by atoms with Gasteiger partial charge in [0.25, 0.3) is 0 Å². The van der Waals surface area contributed by atoms with Crippen molar-refractivity contribution in [3.05, 3.63) is 54.1 Å². The van der Waals surface area contributed by atoms with Crippen LogP contribution < -0.4 is 10.1 Å². The molecule has 0 aliphatic rings. The second-order valence-electron chi connectivity index (χ2n) is 6.47. The SMILES string of the molecule is CCCCOC(=O)c1ccc(NC(=O)CSc2nnnn2-c2ccc(OC)cc2)cc1. The molecular weight excluding hydrogens is 418 g/mol. The molecule has 0 saturated heterocycles. The van der Waals surface area contributed by atoms with Crippen LogP contribution in [0.1, 0.15) is 30.1 Å².